The molecule has 3 rings (SSSR count). The smallest absolute Gasteiger partial charge is 0.183 e. The molecule has 0 radical (unpaired) electrons. The Morgan fingerprint density at radius 1 is 1.42 bits per heavy atom. The van der Waals surface area contributed by atoms with E-state index in [-0.39, 0.29) is 0 Å². The molecule has 0 atom stereocenters. The van der Waals surface area contributed by atoms with E-state index in [0.717, 1.165) is 22.9 Å². The molecule has 0 amide bonds. The van der Waals surface area contributed by atoms with Gasteiger partial charge in [0.2, 0.25) is 0 Å². The fourth-order valence-corrected chi connectivity index (χ4v) is 3.48. The fourth-order valence-electron chi connectivity index (χ4n) is 2.59. The summed E-state index contributed by atoms with van der Waals surface area (Å²) < 4.78 is 6.43. The van der Waals surface area contributed by atoms with Crippen molar-refractivity contribution in [2.24, 2.45) is 5.41 Å². The van der Waals surface area contributed by atoms with Crippen LogP contribution >= 0.6 is 11.3 Å². The number of nitrogens with zero attached hydrogens (tertiary/aromatic N) is 1. The standard InChI is InChI=1S/C15H20N2OS/c1-3-6-15(7-8-15)10-16-14-17-12-5-4-11(18-2)9-13(12)19-14/h4-5,9H,3,6-8,10H2,1-2H3,(H,16,17). The minimum atomic E-state index is 0.560. The van der Waals surface area contributed by atoms with E-state index in [1.165, 1.54) is 30.4 Å². The van der Waals surface area contributed by atoms with Gasteiger partial charge in [-0.1, -0.05) is 24.7 Å². The first-order chi connectivity index (χ1) is 9.24. The minimum Gasteiger partial charge on any atom is -0.497 e. The highest BCUT2D eigenvalue weighted by Crippen LogP contribution is 2.49. The molecule has 1 aromatic carbocycles. The Morgan fingerprint density at radius 3 is 2.95 bits per heavy atom. The lowest BCUT2D eigenvalue weighted by Crippen LogP contribution is -2.14. The third-order valence-corrected chi connectivity index (χ3v) is 4.92. The predicted molar refractivity (Wildman–Crippen MR) is 81.2 cm³/mol. The van der Waals surface area contributed by atoms with Gasteiger partial charge in [0.05, 0.1) is 17.3 Å². The molecule has 0 saturated heterocycles. The van der Waals surface area contributed by atoms with E-state index < -0.39 is 0 Å². The maximum Gasteiger partial charge on any atom is 0.183 e. The molecule has 102 valence electrons. The highest BCUT2D eigenvalue weighted by atomic mass is 32.1. The lowest BCUT2D eigenvalue weighted by molar-refractivity contribution is 0.415. The van der Waals surface area contributed by atoms with Gasteiger partial charge in [-0.3, -0.25) is 0 Å². The largest absolute Gasteiger partial charge is 0.497 e. The van der Waals surface area contributed by atoms with Crippen LogP contribution in [0.2, 0.25) is 0 Å². The molecule has 2 aromatic rings. The number of anilines is 1. The number of thiazole rings is 1. The average molecular weight is 276 g/mol. The molecular weight excluding hydrogens is 256 g/mol. The Balaban J connectivity index is 1.71. The maximum atomic E-state index is 5.25. The molecule has 1 saturated carbocycles. The zero-order valence-corrected chi connectivity index (χ0v) is 12.3. The fraction of sp³-hybridized carbons (Fsp3) is 0.533. The first-order valence-electron chi connectivity index (χ1n) is 6.93. The first kappa shape index (κ1) is 12.7. The summed E-state index contributed by atoms with van der Waals surface area (Å²) in [6, 6.07) is 6.04. The molecule has 0 bridgehead atoms. The van der Waals surface area contributed by atoms with Crippen LogP contribution < -0.4 is 10.1 Å². The van der Waals surface area contributed by atoms with E-state index in [0.29, 0.717) is 5.41 Å². The van der Waals surface area contributed by atoms with Crippen LogP contribution in [0.4, 0.5) is 5.13 Å². The summed E-state index contributed by atoms with van der Waals surface area (Å²) in [6.07, 6.45) is 5.34. The number of fused-ring (bicyclic) bond motifs is 1. The van der Waals surface area contributed by atoms with Crippen molar-refractivity contribution in [2.45, 2.75) is 32.6 Å². The van der Waals surface area contributed by atoms with Gasteiger partial charge in [0.25, 0.3) is 0 Å². The SMILES string of the molecule is CCCC1(CNc2nc3ccc(OC)cc3s2)CC1. The van der Waals surface area contributed by atoms with Crippen molar-refractivity contribution in [3.05, 3.63) is 18.2 Å². The van der Waals surface area contributed by atoms with Crippen molar-refractivity contribution < 1.29 is 4.74 Å². The second kappa shape index (κ2) is 5.00. The zero-order chi connectivity index (χ0) is 13.3. The van der Waals surface area contributed by atoms with E-state index in [9.17, 15) is 0 Å². The summed E-state index contributed by atoms with van der Waals surface area (Å²) >= 11 is 1.71. The first-order valence-corrected chi connectivity index (χ1v) is 7.75. The summed E-state index contributed by atoms with van der Waals surface area (Å²) in [7, 11) is 1.70. The predicted octanol–water partition coefficient (Wildman–Crippen LogP) is 4.30. The van der Waals surface area contributed by atoms with Gasteiger partial charge in [0.15, 0.2) is 5.13 Å². The number of rotatable bonds is 6. The Morgan fingerprint density at radius 2 is 2.26 bits per heavy atom. The third kappa shape index (κ3) is 2.68. The molecule has 1 aliphatic rings. The molecule has 0 unspecified atom stereocenters. The molecule has 0 spiro atoms. The van der Waals surface area contributed by atoms with Crippen LogP contribution in [0.5, 0.6) is 5.75 Å². The normalized spacial score (nSPS) is 16.5. The summed E-state index contributed by atoms with van der Waals surface area (Å²) in [6.45, 7) is 3.34. The molecule has 1 N–H and O–H groups in total. The van der Waals surface area contributed by atoms with Gasteiger partial charge in [-0.15, -0.1) is 0 Å². The number of aromatic nitrogens is 1. The number of hydrogen-bond donors (Lipinski definition) is 1. The summed E-state index contributed by atoms with van der Waals surface area (Å²) in [4.78, 5) is 4.63. The summed E-state index contributed by atoms with van der Waals surface area (Å²) in [5.74, 6) is 0.896. The van der Waals surface area contributed by atoms with Crippen LogP contribution in [-0.2, 0) is 0 Å². The van der Waals surface area contributed by atoms with Gasteiger partial charge in [0.1, 0.15) is 5.75 Å². The van der Waals surface area contributed by atoms with Crippen LogP contribution in [0.1, 0.15) is 32.6 Å². The second-order valence-electron chi connectivity index (χ2n) is 5.46. The number of benzene rings is 1. The zero-order valence-electron chi connectivity index (χ0n) is 11.5. The van der Waals surface area contributed by atoms with Crippen LogP contribution in [0, 0.1) is 5.41 Å². The van der Waals surface area contributed by atoms with Crippen molar-refractivity contribution in [3.8, 4) is 5.75 Å². The molecule has 1 aliphatic carbocycles. The number of ether oxygens (including phenoxy) is 1. The van der Waals surface area contributed by atoms with Crippen LogP contribution in [0.25, 0.3) is 10.2 Å². The monoisotopic (exact) mass is 276 g/mol. The van der Waals surface area contributed by atoms with Crippen molar-refractivity contribution in [1.82, 2.24) is 4.98 Å². The van der Waals surface area contributed by atoms with Gasteiger partial charge in [0, 0.05) is 6.54 Å². The lowest BCUT2D eigenvalue weighted by Gasteiger charge is -2.13. The Hall–Kier alpha value is -1.29. The highest BCUT2D eigenvalue weighted by molar-refractivity contribution is 7.22. The van der Waals surface area contributed by atoms with Gasteiger partial charge in [-0.05, 0) is 42.9 Å². The Kier molecular flexibility index (Phi) is 3.35. The topological polar surface area (TPSA) is 34.2 Å². The van der Waals surface area contributed by atoms with E-state index >= 15 is 0 Å². The molecular formula is C15H20N2OS. The number of methoxy groups -OCH3 is 1. The van der Waals surface area contributed by atoms with E-state index in [2.05, 4.69) is 23.3 Å². The third-order valence-electron chi connectivity index (χ3n) is 3.95. The van der Waals surface area contributed by atoms with Crippen molar-refractivity contribution in [3.63, 3.8) is 0 Å². The molecule has 1 fully saturated rings. The Labute approximate surface area is 118 Å². The maximum absolute atomic E-state index is 5.25. The molecule has 0 aliphatic heterocycles. The second-order valence-corrected chi connectivity index (χ2v) is 6.49. The summed E-state index contributed by atoms with van der Waals surface area (Å²) in [5, 5.41) is 4.56. The molecule has 4 heteroatoms. The summed E-state index contributed by atoms with van der Waals surface area (Å²) in [5.41, 5.74) is 1.61. The molecule has 1 heterocycles. The molecule has 3 nitrogen and oxygen atoms in total. The van der Waals surface area contributed by atoms with Gasteiger partial charge < -0.3 is 10.1 Å². The van der Waals surface area contributed by atoms with Gasteiger partial charge >= 0.3 is 0 Å². The van der Waals surface area contributed by atoms with Crippen molar-refractivity contribution in [2.75, 3.05) is 19.0 Å². The van der Waals surface area contributed by atoms with Crippen LogP contribution in [-0.4, -0.2) is 18.6 Å². The van der Waals surface area contributed by atoms with E-state index in [4.69, 9.17) is 4.74 Å². The van der Waals surface area contributed by atoms with Crippen molar-refractivity contribution in [1.29, 1.82) is 0 Å². The van der Waals surface area contributed by atoms with Crippen molar-refractivity contribution >= 4 is 26.7 Å². The molecule has 1 aromatic heterocycles. The quantitative estimate of drug-likeness (QED) is 0.854. The van der Waals surface area contributed by atoms with E-state index in [1.54, 1.807) is 18.4 Å². The van der Waals surface area contributed by atoms with Gasteiger partial charge in [-0.2, -0.15) is 0 Å². The number of hydrogen-bond acceptors (Lipinski definition) is 4. The Bertz CT molecular complexity index is 575. The number of nitrogens with one attached hydrogen (secondary N) is 1. The van der Waals surface area contributed by atoms with Crippen LogP contribution in [0.3, 0.4) is 0 Å². The minimum absolute atomic E-state index is 0.560. The lowest BCUT2D eigenvalue weighted by atomic mass is 10.0. The van der Waals surface area contributed by atoms with Gasteiger partial charge in [-0.25, -0.2) is 4.98 Å². The van der Waals surface area contributed by atoms with E-state index in [1.807, 2.05) is 12.1 Å². The average Bonchev–Trinajstić information content (AvgIpc) is 3.06. The molecule has 19 heavy (non-hydrogen) atoms. The highest BCUT2D eigenvalue weighted by Gasteiger charge is 2.41. The van der Waals surface area contributed by atoms with Crippen LogP contribution in [0.15, 0.2) is 18.2 Å².